The van der Waals surface area contributed by atoms with Crippen molar-refractivity contribution in [3.05, 3.63) is 56.4 Å². The van der Waals surface area contributed by atoms with E-state index in [9.17, 15) is 4.79 Å². The average Bonchev–Trinajstić information content (AvgIpc) is 3.11. The summed E-state index contributed by atoms with van der Waals surface area (Å²) >= 11 is 5.19. The third kappa shape index (κ3) is 2.28. The highest BCUT2D eigenvalue weighted by atomic mass is 79.9. The quantitative estimate of drug-likeness (QED) is 0.666. The van der Waals surface area contributed by atoms with Gasteiger partial charge in [-0.2, -0.15) is 5.10 Å². The number of fused-ring (bicyclic) bond motifs is 2. The fourth-order valence-corrected chi connectivity index (χ4v) is 3.87. The molecule has 4 heterocycles. The Hall–Kier alpha value is -1.66. The Morgan fingerprint density at radius 2 is 2.24 bits per heavy atom. The lowest BCUT2D eigenvalue weighted by Gasteiger charge is -2.26. The Labute approximate surface area is 134 Å². The molecule has 1 amide bonds. The van der Waals surface area contributed by atoms with E-state index in [1.54, 1.807) is 15.9 Å². The lowest BCUT2D eigenvalue weighted by Crippen LogP contribution is -2.35. The summed E-state index contributed by atoms with van der Waals surface area (Å²) in [5.41, 5.74) is 2.70. The number of amides is 1. The molecule has 0 spiro atoms. The second-order valence-corrected chi connectivity index (χ2v) is 7.01. The summed E-state index contributed by atoms with van der Waals surface area (Å²) in [5, 5.41) is 6.49. The van der Waals surface area contributed by atoms with Gasteiger partial charge in [-0.05, 0) is 57.6 Å². The lowest BCUT2D eigenvalue weighted by atomic mass is 10.1. The van der Waals surface area contributed by atoms with Crippen molar-refractivity contribution in [3.63, 3.8) is 0 Å². The maximum atomic E-state index is 12.6. The second kappa shape index (κ2) is 4.96. The predicted molar refractivity (Wildman–Crippen MR) is 85.7 cm³/mol. The van der Waals surface area contributed by atoms with E-state index < -0.39 is 0 Å². The summed E-state index contributed by atoms with van der Waals surface area (Å²) in [6.07, 6.45) is 2.80. The molecule has 0 unspecified atom stereocenters. The number of hydrogen-bond acceptors (Lipinski definition) is 3. The molecule has 106 valence electrons. The first kappa shape index (κ1) is 13.0. The normalized spacial score (nSPS) is 14.4. The molecule has 0 saturated heterocycles. The maximum Gasteiger partial charge on any atom is 0.274 e. The van der Waals surface area contributed by atoms with Gasteiger partial charge in [0.2, 0.25) is 0 Å². The van der Waals surface area contributed by atoms with E-state index in [-0.39, 0.29) is 5.91 Å². The minimum Gasteiger partial charge on any atom is -0.333 e. The molecule has 21 heavy (non-hydrogen) atoms. The Morgan fingerprint density at radius 3 is 3.14 bits per heavy atom. The topological polar surface area (TPSA) is 37.6 Å². The van der Waals surface area contributed by atoms with E-state index in [2.05, 4.69) is 32.5 Å². The van der Waals surface area contributed by atoms with Gasteiger partial charge in [-0.3, -0.25) is 4.79 Å². The van der Waals surface area contributed by atoms with Gasteiger partial charge >= 0.3 is 0 Å². The molecule has 3 aromatic heterocycles. The molecular weight excluding hydrogens is 350 g/mol. The minimum absolute atomic E-state index is 0.00618. The van der Waals surface area contributed by atoms with Crippen molar-refractivity contribution in [1.82, 2.24) is 14.5 Å². The Bertz CT molecular complexity index is 838. The number of pyridine rings is 1. The highest BCUT2D eigenvalue weighted by molar-refractivity contribution is 9.10. The highest BCUT2D eigenvalue weighted by Crippen LogP contribution is 2.25. The van der Waals surface area contributed by atoms with Crippen molar-refractivity contribution < 1.29 is 4.79 Å². The molecule has 0 saturated carbocycles. The van der Waals surface area contributed by atoms with Gasteiger partial charge in [0.05, 0.1) is 5.52 Å². The Balaban J connectivity index is 1.64. The van der Waals surface area contributed by atoms with Crippen LogP contribution in [0.5, 0.6) is 0 Å². The van der Waals surface area contributed by atoms with Crippen LogP contribution in [0.2, 0.25) is 0 Å². The van der Waals surface area contributed by atoms with Gasteiger partial charge in [-0.25, -0.2) is 4.52 Å². The van der Waals surface area contributed by atoms with Gasteiger partial charge in [0.15, 0.2) is 5.69 Å². The Kier molecular flexibility index (Phi) is 3.08. The fraction of sp³-hybridized carbons (Fsp3) is 0.200. The van der Waals surface area contributed by atoms with Crippen LogP contribution in [-0.2, 0) is 13.0 Å². The first-order valence-electron chi connectivity index (χ1n) is 6.70. The van der Waals surface area contributed by atoms with E-state index in [4.69, 9.17) is 0 Å². The molecule has 0 fully saturated rings. The van der Waals surface area contributed by atoms with E-state index in [0.717, 1.165) is 23.0 Å². The molecule has 1 aliphatic heterocycles. The van der Waals surface area contributed by atoms with Crippen molar-refractivity contribution in [2.24, 2.45) is 0 Å². The van der Waals surface area contributed by atoms with Gasteiger partial charge in [0.25, 0.3) is 5.91 Å². The third-order valence-electron chi connectivity index (χ3n) is 3.74. The van der Waals surface area contributed by atoms with Crippen molar-refractivity contribution in [2.45, 2.75) is 13.0 Å². The molecule has 3 aromatic rings. The number of carbonyl (C=O) groups is 1. The summed E-state index contributed by atoms with van der Waals surface area (Å²) in [6.45, 7) is 1.46. The molecule has 0 bridgehead atoms. The first-order chi connectivity index (χ1) is 10.2. The first-order valence-corrected chi connectivity index (χ1v) is 8.37. The number of thiophene rings is 1. The van der Waals surface area contributed by atoms with Crippen LogP contribution >= 0.6 is 27.3 Å². The van der Waals surface area contributed by atoms with Gasteiger partial charge in [-0.15, -0.1) is 11.3 Å². The van der Waals surface area contributed by atoms with E-state index in [0.29, 0.717) is 12.2 Å². The smallest absolute Gasteiger partial charge is 0.274 e. The van der Waals surface area contributed by atoms with Gasteiger partial charge in [0.1, 0.15) is 0 Å². The summed E-state index contributed by atoms with van der Waals surface area (Å²) in [4.78, 5) is 15.9. The molecule has 4 rings (SSSR count). The summed E-state index contributed by atoms with van der Waals surface area (Å²) < 4.78 is 2.68. The maximum absolute atomic E-state index is 12.6. The van der Waals surface area contributed by atoms with Crippen LogP contribution in [0.25, 0.3) is 5.52 Å². The number of nitrogens with zero attached hydrogens (tertiary/aromatic N) is 3. The molecule has 0 radical (unpaired) electrons. The van der Waals surface area contributed by atoms with Gasteiger partial charge in [-0.1, -0.05) is 0 Å². The number of rotatable bonds is 1. The molecular formula is C15H12BrN3OS. The number of carbonyl (C=O) groups excluding carboxylic acids is 1. The van der Waals surface area contributed by atoms with Crippen LogP contribution in [0.1, 0.15) is 20.9 Å². The lowest BCUT2D eigenvalue weighted by molar-refractivity contribution is 0.0729. The van der Waals surface area contributed by atoms with Gasteiger partial charge < -0.3 is 4.90 Å². The molecule has 0 atom stereocenters. The summed E-state index contributed by atoms with van der Waals surface area (Å²) in [6, 6.07) is 7.85. The van der Waals surface area contributed by atoms with E-state index in [1.165, 1.54) is 10.4 Å². The van der Waals surface area contributed by atoms with Crippen molar-refractivity contribution >= 4 is 38.7 Å². The molecule has 4 nitrogen and oxygen atoms in total. The zero-order chi connectivity index (χ0) is 14.4. The largest absolute Gasteiger partial charge is 0.333 e. The monoisotopic (exact) mass is 361 g/mol. The molecule has 0 N–H and O–H groups in total. The summed E-state index contributed by atoms with van der Waals surface area (Å²) in [5.74, 6) is 0.00618. The van der Waals surface area contributed by atoms with Crippen molar-refractivity contribution in [3.8, 4) is 0 Å². The average molecular weight is 362 g/mol. The zero-order valence-corrected chi connectivity index (χ0v) is 13.5. The number of hydrogen-bond donors (Lipinski definition) is 0. The van der Waals surface area contributed by atoms with Gasteiger partial charge in [0, 0.05) is 28.6 Å². The van der Waals surface area contributed by atoms with Crippen LogP contribution in [0, 0.1) is 0 Å². The zero-order valence-electron chi connectivity index (χ0n) is 11.1. The standard InChI is InChI=1S/C15H12BrN3OS/c16-11-1-2-12-7-13(17-19(12)9-11)15(20)18-5-3-14-10(8-18)4-6-21-14/h1-2,4,6-7,9H,3,5,8H2. The Morgan fingerprint density at radius 1 is 1.33 bits per heavy atom. The van der Waals surface area contributed by atoms with Crippen LogP contribution in [0.15, 0.2) is 40.3 Å². The van der Waals surface area contributed by atoms with Crippen molar-refractivity contribution in [2.75, 3.05) is 6.54 Å². The van der Waals surface area contributed by atoms with Crippen LogP contribution in [0.3, 0.4) is 0 Å². The number of halogens is 1. The predicted octanol–water partition coefficient (Wildman–Crippen LogP) is 3.36. The second-order valence-electron chi connectivity index (χ2n) is 5.09. The molecule has 6 heteroatoms. The van der Waals surface area contributed by atoms with Crippen LogP contribution < -0.4 is 0 Å². The third-order valence-corrected chi connectivity index (χ3v) is 5.23. The van der Waals surface area contributed by atoms with E-state index in [1.807, 2.05) is 29.3 Å². The SMILES string of the molecule is O=C(c1cc2ccc(Br)cn2n1)N1CCc2sccc2C1. The molecule has 0 aromatic carbocycles. The van der Waals surface area contributed by atoms with Crippen LogP contribution in [-0.4, -0.2) is 27.0 Å². The minimum atomic E-state index is 0.00618. The highest BCUT2D eigenvalue weighted by Gasteiger charge is 2.24. The molecule has 0 aliphatic carbocycles. The fourth-order valence-electron chi connectivity index (χ4n) is 2.65. The van der Waals surface area contributed by atoms with Crippen molar-refractivity contribution in [1.29, 1.82) is 0 Å². The summed E-state index contributed by atoms with van der Waals surface area (Å²) in [7, 11) is 0. The number of aromatic nitrogens is 2. The van der Waals surface area contributed by atoms with E-state index >= 15 is 0 Å². The van der Waals surface area contributed by atoms with Crippen LogP contribution in [0.4, 0.5) is 0 Å². The molecule has 1 aliphatic rings.